The van der Waals surface area contributed by atoms with Gasteiger partial charge in [-0.15, -0.1) is 0 Å². The molecule has 0 radical (unpaired) electrons. The minimum Gasteiger partial charge on any atom is -0.236 e. The molecular formula is C46H28N2. The number of nitrogens with zero attached hydrogens (tertiary/aromatic N) is 2. The van der Waals surface area contributed by atoms with Crippen molar-refractivity contribution in [3.63, 3.8) is 0 Å². The molecule has 0 atom stereocenters. The van der Waals surface area contributed by atoms with E-state index in [1.54, 1.807) is 0 Å². The van der Waals surface area contributed by atoms with Gasteiger partial charge in [-0.3, -0.25) is 0 Å². The van der Waals surface area contributed by atoms with E-state index in [1.165, 1.54) is 54.9 Å². The third-order valence-electron chi connectivity index (χ3n) is 9.89. The number of hydrogen-bond acceptors (Lipinski definition) is 2. The topological polar surface area (TPSA) is 25.8 Å². The van der Waals surface area contributed by atoms with E-state index in [-0.39, 0.29) is 0 Å². The summed E-state index contributed by atoms with van der Waals surface area (Å²) < 4.78 is 0. The number of rotatable bonds is 2. The molecule has 8 aromatic carbocycles. The minimum atomic E-state index is 0.729. The van der Waals surface area contributed by atoms with Gasteiger partial charge < -0.3 is 0 Å². The van der Waals surface area contributed by atoms with Gasteiger partial charge in [-0.1, -0.05) is 158 Å². The first-order chi connectivity index (χ1) is 23.8. The average molecular weight is 609 g/mol. The predicted molar refractivity (Wildman–Crippen MR) is 201 cm³/mol. The van der Waals surface area contributed by atoms with Crippen LogP contribution in [-0.2, 0) is 0 Å². The molecule has 2 heteroatoms. The summed E-state index contributed by atoms with van der Waals surface area (Å²) in [7, 11) is 0. The van der Waals surface area contributed by atoms with Crippen molar-refractivity contribution in [2.24, 2.45) is 0 Å². The monoisotopic (exact) mass is 608 g/mol. The third kappa shape index (κ3) is 4.00. The van der Waals surface area contributed by atoms with E-state index in [4.69, 9.17) is 9.97 Å². The van der Waals surface area contributed by atoms with E-state index in [2.05, 4.69) is 164 Å². The standard InChI is InChI=1S/C46H28N2/c1-2-14-30-27-31(26-25-29(30)13-1)43-37-20-8-10-22-39(37)44(40-23-11-9-21-38(40)43)46-47-28-42-36-19-6-5-17-34(36)32-15-3-4-16-33(32)35-18-7-12-24-41(35)45(42)48-46/h1-28H. The normalized spacial score (nSPS) is 11.8. The Hall–Kier alpha value is -6.38. The average Bonchev–Trinajstić information content (AvgIpc) is 3.16. The number of benzene rings is 8. The first-order valence-corrected chi connectivity index (χ1v) is 16.4. The van der Waals surface area contributed by atoms with E-state index in [1.807, 2.05) is 6.20 Å². The predicted octanol–water partition coefficient (Wildman–Crippen LogP) is 12.3. The fourth-order valence-corrected chi connectivity index (χ4v) is 7.76. The van der Waals surface area contributed by atoms with Crippen LogP contribution < -0.4 is 0 Å². The van der Waals surface area contributed by atoms with Gasteiger partial charge in [0.25, 0.3) is 0 Å². The number of fused-ring (bicyclic) bond motifs is 11. The molecule has 0 saturated carbocycles. The van der Waals surface area contributed by atoms with Crippen LogP contribution in [0.2, 0.25) is 0 Å². The molecule has 0 amide bonds. The molecule has 222 valence electrons. The zero-order valence-electron chi connectivity index (χ0n) is 26.1. The molecule has 0 fully saturated rings. The highest BCUT2D eigenvalue weighted by Gasteiger charge is 2.25. The zero-order valence-corrected chi connectivity index (χ0v) is 26.1. The van der Waals surface area contributed by atoms with Gasteiger partial charge in [0.1, 0.15) is 0 Å². The highest BCUT2D eigenvalue weighted by Crippen LogP contribution is 2.48. The molecule has 0 spiro atoms. The molecule has 0 bridgehead atoms. The maximum Gasteiger partial charge on any atom is 0.161 e. The van der Waals surface area contributed by atoms with Crippen molar-refractivity contribution in [3.05, 3.63) is 170 Å². The molecule has 0 aliphatic heterocycles. The van der Waals surface area contributed by atoms with Crippen LogP contribution in [0.25, 0.3) is 99.5 Å². The quantitative estimate of drug-likeness (QED) is 0.182. The van der Waals surface area contributed by atoms with Gasteiger partial charge in [-0.2, -0.15) is 0 Å². The summed E-state index contributed by atoms with van der Waals surface area (Å²) in [4.78, 5) is 10.7. The molecule has 1 aliphatic carbocycles. The lowest BCUT2D eigenvalue weighted by Gasteiger charge is -2.23. The van der Waals surface area contributed by atoms with Gasteiger partial charge in [0.15, 0.2) is 5.82 Å². The number of aromatic nitrogens is 2. The molecule has 0 N–H and O–H groups in total. The summed E-state index contributed by atoms with van der Waals surface area (Å²) in [5.41, 5.74) is 12.5. The van der Waals surface area contributed by atoms with Gasteiger partial charge in [0.05, 0.1) is 5.69 Å². The largest absolute Gasteiger partial charge is 0.236 e. The van der Waals surface area contributed by atoms with Crippen molar-refractivity contribution < 1.29 is 0 Å². The summed E-state index contributed by atoms with van der Waals surface area (Å²) in [6.45, 7) is 0. The maximum absolute atomic E-state index is 5.53. The van der Waals surface area contributed by atoms with E-state index < -0.39 is 0 Å². The summed E-state index contributed by atoms with van der Waals surface area (Å²) >= 11 is 0. The Balaban J connectivity index is 1.29. The Morgan fingerprint density at radius 1 is 0.333 bits per heavy atom. The van der Waals surface area contributed by atoms with E-state index in [0.29, 0.717) is 0 Å². The lowest BCUT2D eigenvalue weighted by Crippen LogP contribution is -2.02. The van der Waals surface area contributed by atoms with Crippen LogP contribution in [0.15, 0.2) is 170 Å². The van der Waals surface area contributed by atoms with Crippen LogP contribution in [-0.4, -0.2) is 9.97 Å². The second-order valence-electron chi connectivity index (χ2n) is 12.5. The van der Waals surface area contributed by atoms with Crippen LogP contribution in [0.5, 0.6) is 0 Å². The Kier molecular flexibility index (Phi) is 5.91. The third-order valence-corrected chi connectivity index (χ3v) is 9.89. The SMILES string of the molecule is c1ccc2c(c1)-c1ccccc1-c1cnc(-c3c4ccccc4c(-c4ccc5ccccc5c4)c4ccccc34)nc1-c1ccccc1-2. The van der Waals surface area contributed by atoms with Crippen LogP contribution in [0.1, 0.15) is 0 Å². The Morgan fingerprint density at radius 3 is 1.35 bits per heavy atom. The molecule has 48 heavy (non-hydrogen) atoms. The molecule has 1 aromatic heterocycles. The van der Waals surface area contributed by atoms with Crippen molar-refractivity contribution >= 4 is 32.3 Å². The van der Waals surface area contributed by atoms with Crippen LogP contribution in [0, 0.1) is 0 Å². The maximum atomic E-state index is 5.53. The van der Waals surface area contributed by atoms with Crippen LogP contribution in [0.4, 0.5) is 0 Å². The molecule has 1 aliphatic rings. The van der Waals surface area contributed by atoms with Gasteiger partial charge >= 0.3 is 0 Å². The first-order valence-electron chi connectivity index (χ1n) is 16.4. The molecule has 9 aromatic rings. The van der Waals surface area contributed by atoms with Gasteiger partial charge in [-0.05, 0) is 77.3 Å². The molecule has 2 nitrogen and oxygen atoms in total. The van der Waals surface area contributed by atoms with Crippen molar-refractivity contribution in [1.82, 2.24) is 9.97 Å². The smallest absolute Gasteiger partial charge is 0.161 e. The second kappa shape index (κ2) is 10.6. The molecule has 0 saturated heterocycles. The van der Waals surface area contributed by atoms with E-state index >= 15 is 0 Å². The highest BCUT2D eigenvalue weighted by molar-refractivity contribution is 6.21. The molecule has 10 rings (SSSR count). The fraction of sp³-hybridized carbons (Fsp3) is 0. The lowest BCUT2D eigenvalue weighted by molar-refractivity contribution is 1.19. The summed E-state index contributed by atoms with van der Waals surface area (Å²) in [5.74, 6) is 0.729. The summed E-state index contributed by atoms with van der Waals surface area (Å²) in [6.07, 6.45) is 2.04. The molecular weight excluding hydrogens is 581 g/mol. The second-order valence-corrected chi connectivity index (χ2v) is 12.5. The van der Waals surface area contributed by atoms with Gasteiger partial charge in [0, 0.05) is 22.9 Å². The Morgan fingerprint density at radius 2 is 0.771 bits per heavy atom. The van der Waals surface area contributed by atoms with Crippen molar-refractivity contribution in [3.8, 4) is 67.2 Å². The van der Waals surface area contributed by atoms with E-state index in [9.17, 15) is 0 Å². The Labute approximate surface area is 278 Å². The minimum absolute atomic E-state index is 0.729. The van der Waals surface area contributed by atoms with Crippen LogP contribution in [0.3, 0.4) is 0 Å². The van der Waals surface area contributed by atoms with Crippen molar-refractivity contribution in [2.75, 3.05) is 0 Å². The van der Waals surface area contributed by atoms with Gasteiger partial charge in [-0.25, -0.2) is 9.97 Å². The van der Waals surface area contributed by atoms with Crippen molar-refractivity contribution in [2.45, 2.75) is 0 Å². The fourth-order valence-electron chi connectivity index (χ4n) is 7.76. The summed E-state index contributed by atoms with van der Waals surface area (Å²) in [6, 6.07) is 58.8. The molecule has 0 unspecified atom stereocenters. The van der Waals surface area contributed by atoms with Gasteiger partial charge in [0.2, 0.25) is 0 Å². The van der Waals surface area contributed by atoms with Crippen LogP contribution >= 0.6 is 0 Å². The van der Waals surface area contributed by atoms with E-state index in [0.717, 1.165) is 44.5 Å². The lowest BCUT2D eigenvalue weighted by atomic mass is 9.83. The van der Waals surface area contributed by atoms with Crippen molar-refractivity contribution in [1.29, 1.82) is 0 Å². The Bertz CT molecular complexity index is 2680. The summed E-state index contributed by atoms with van der Waals surface area (Å²) in [5, 5.41) is 7.14. The number of hydrogen-bond donors (Lipinski definition) is 0. The zero-order chi connectivity index (χ0) is 31.6. The molecule has 1 heterocycles. The first kappa shape index (κ1) is 26.8. The highest BCUT2D eigenvalue weighted by atomic mass is 14.9.